The van der Waals surface area contributed by atoms with Crippen LogP contribution in [0, 0.1) is 16.7 Å². The van der Waals surface area contributed by atoms with E-state index >= 15 is 0 Å². The van der Waals surface area contributed by atoms with E-state index in [0.717, 1.165) is 19.5 Å². The van der Waals surface area contributed by atoms with Gasteiger partial charge in [0.25, 0.3) is 0 Å². The lowest BCUT2D eigenvalue weighted by Crippen LogP contribution is -2.40. The van der Waals surface area contributed by atoms with Gasteiger partial charge in [-0.05, 0) is 32.9 Å². The van der Waals surface area contributed by atoms with Gasteiger partial charge in [-0.1, -0.05) is 6.92 Å². The summed E-state index contributed by atoms with van der Waals surface area (Å²) in [5.74, 6) is 0. The number of rotatable bonds is 1. The van der Waals surface area contributed by atoms with E-state index in [1.807, 2.05) is 0 Å². The Morgan fingerprint density at radius 3 is 2.91 bits per heavy atom. The Bertz CT molecular complexity index is 171. The van der Waals surface area contributed by atoms with Gasteiger partial charge in [0.05, 0.1) is 11.5 Å². The fourth-order valence-corrected chi connectivity index (χ4v) is 1.71. The molecule has 1 heterocycles. The van der Waals surface area contributed by atoms with E-state index in [4.69, 9.17) is 5.26 Å². The van der Waals surface area contributed by atoms with Crippen molar-refractivity contribution in [3.63, 3.8) is 0 Å². The largest absolute Gasteiger partial charge is 0.302 e. The van der Waals surface area contributed by atoms with Crippen molar-refractivity contribution in [2.75, 3.05) is 19.6 Å². The molecular formula is C9H16N2. The van der Waals surface area contributed by atoms with E-state index in [9.17, 15) is 0 Å². The van der Waals surface area contributed by atoms with Crippen LogP contribution in [-0.2, 0) is 0 Å². The highest BCUT2D eigenvalue weighted by atomic mass is 15.1. The molecule has 0 aromatic heterocycles. The molecular weight excluding hydrogens is 136 g/mol. The number of hydrogen-bond acceptors (Lipinski definition) is 2. The minimum absolute atomic E-state index is 0.0751. The molecule has 2 heteroatoms. The summed E-state index contributed by atoms with van der Waals surface area (Å²) in [4.78, 5) is 2.35. The maximum atomic E-state index is 8.89. The smallest absolute Gasteiger partial charge is 0.0700 e. The molecule has 0 N–H and O–H groups in total. The minimum atomic E-state index is -0.0751. The van der Waals surface area contributed by atoms with Gasteiger partial charge in [0, 0.05) is 6.54 Å². The van der Waals surface area contributed by atoms with Gasteiger partial charge in [-0.2, -0.15) is 5.26 Å². The average Bonchev–Trinajstić information content (AvgIpc) is 2.05. The highest BCUT2D eigenvalue weighted by Crippen LogP contribution is 2.27. The Morgan fingerprint density at radius 2 is 2.36 bits per heavy atom. The van der Waals surface area contributed by atoms with Gasteiger partial charge in [-0.15, -0.1) is 0 Å². The Hall–Kier alpha value is -0.550. The number of nitrogens with zero attached hydrogens (tertiary/aromatic N) is 2. The van der Waals surface area contributed by atoms with Crippen LogP contribution in [0.2, 0.25) is 0 Å². The van der Waals surface area contributed by atoms with Crippen molar-refractivity contribution in [1.82, 2.24) is 4.90 Å². The minimum Gasteiger partial charge on any atom is -0.302 e. The summed E-state index contributed by atoms with van der Waals surface area (Å²) in [6.45, 7) is 7.43. The fourth-order valence-electron chi connectivity index (χ4n) is 1.71. The maximum absolute atomic E-state index is 8.89. The van der Waals surface area contributed by atoms with Crippen LogP contribution in [0.3, 0.4) is 0 Å². The van der Waals surface area contributed by atoms with Crippen LogP contribution in [0.5, 0.6) is 0 Å². The third kappa shape index (κ3) is 1.94. The highest BCUT2D eigenvalue weighted by molar-refractivity contribution is 4.99. The molecule has 1 aliphatic rings. The van der Waals surface area contributed by atoms with Crippen molar-refractivity contribution in [1.29, 1.82) is 5.26 Å². The SMILES string of the molecule is CCN1CCCC(C)(C#N)C1. The van der Waals surface area contributed by atoms with E-state index in [0.29, 0.717) is 0 Å². The van der Waals surface area contributed by atoms with Crippen molar-refractivity contribution in [3.8, 4) is 6.07 Å². The fraction of sp³-hybridized carbons (Fsp3) is 0.889. The van der Waals surface area contributed by atoms with E-state index in [1.165, 1.54) is 13.0 Å². The zero-order chi connectivity index (χ0) is 8.32. The van der Waals surface area contributed by atoms with Gasteiger partial charge in [0.1, 0.15) is 0 Å². The van der Waals surface area contributed by atoms with Gasteiger partial charge in [0.2, 0.25) is 0 Å². The Balaban J connectivity index is 2.53. The molecule has 0 aromatic rings. The number of likely N-dealkylation sites (tertiary alicyclic amines) is 1. The van der Waals surface area contributed by atoms with E-state index in [2.05, 4.69) is 24.8 Å². The molecule has 0 aromatic carbocycles. The van der Waals surface area contributed by atoms with Gasteiger partial charge in [0.15, 0.2) is 0 Å². The molecule has 0 saturated carbocycles. The molecule has 0 bridgehead atoms. The van der Waals surface area contributed by atoms with Crippen LogP contribution in [0.15, 0.2) is 0 Å². The third-order valence-electron chi connectivity index (χ3n) is 2.49. The molecule has 0 spiro atoms. The first-order valence-electron chi connectivity index (χ1n) is 4.34. The Labute approximate surface area is 68.8 Å². The van der Waals surface area contributed by atoms with E-state index in [1.54, 1.807) is 0 Å². The predicted octanol–water partition coefficient (Wildman–Crippen LogP) is 1.63. The second-order valence-corrected chi connectivity index (χ2v) is 3.64. The first-order valence-corrected chi connectivity index (χ1v) is 4.34. The first kappa shape index (κ1) is 8.55. The van der Waals surface area contributed by atoms with Gasteiger partial charge in [-0.3, -0.25) is 0 Å². The van der Waals surface area contributed by atoms with E-state index in [-0.39, 0.29) is 5.41 Å². The summed E-state index contributed by atoms with van der Waals surface area (Å²) in [6, 6.07) is 2.40. The predicted molar refractivity (Wildman–Crippen MR) is 45.1 cm³/mol. The third-order valence-corrected chi connectivity index (χ3v) is 2.49. The van der Waals surface area contributed by atoms with Crippen LogP contribution in [0.1, 0.15) is 26.7 Å². The molecule has 1 aliphatic heterocycles. The molecule has 1 rings (SSSR count). The second kappa shape index (κ2) is 3.23. The Morgan fingerprint density at radius 1 is 1.64 bits per heavy atom. The van der Waals surface area contributed by atoms with Gasteiger partial charge in [-0.25, -0.2) is 0 Å². The molecule has 1 saturated heterocycles. The molecule has 1 unspecified atom stereocenters. The lowest BCUT2D eigenvalue weighted by molar-refractivity contribution is 0.150. The monoisotopic (exact) mass is 152 g/mol. The molecule has 0 radical (unpaired) electrons. The average molecular weight is 152 g/mol. The van der Waals surface area contributed by atoms with Crippen molar-refractivity contribution in [3.05, 3.63) is 0 Å². The lowest BCUT2D eigenvalue weighted by atomic mass is 9.83. The first-order chi connectivity index (χ1) is 5.20. The summed E-state index contributed by atoms with van der Waals surface area (Å²) >= 11 is 0. The standard InChI is InChI=1S/C9H16N2/c1-3-11-6-4-5-9(2,7-10)8-11/h3-6,8H2,1-2H3. The summed E-state index contributed by atoms with van der Waals surface area (Å²) < 4.78 is 0. The molecule has 0 amide bonds. The normalized spacial score (nSPS) is 33.2. The summed E-state index contributed by atoms with van der Waals surface area (Å²) in [6.07, 6.45) is 2.25. The molecule has 0 aliphatic carbocycles. The highest BCUT2D eigenvalue weighted by Gasteiger charge is 2.29. The summed E-state index contributed by atoms with van der Waals surface area (Å²) in [5.41, 5.74) is -0.0751. The zero-order valence-corrected chi connectivity index (χ0v) is 7.43. The summed E-state index contributed by atoms with van der Waals surface area (Å²) in [5, 5.41) is 8.89. The van der Waals surface area contributed by atoms with Gasteiger partial charge >= 0.3 is 0 Å². The quantitative estimate of drug-likeness (QED) is 0.571. The lowest BCUT2D eigenvalue weighted by Gasteiger charge is -2.35. The summed E-state index contributed by atoms with van der Waals surface area (Å²) in [7, 11) is 0. The molecule has 11 heavy (non-hydrogen) atoms. The van der Waals surface area contributed by atoms with Crippen molar-refractivity contribution >= 4 is 0 Å². The van der Waals surface area contributed by atoms with Crippen LogP contribution >= 0.6 is 0 Å². The maximum Gasteiger partial charge on any atom is 0.0700 e. The molecule has 62 valence electrons. The van der Waals surface area contributed by atoms with Crippen LogP contribution in [0.25, 0.3) is 0 Å². The Kier molecular flexibility index (Phi) is 2.51. The van der Waals surface area contributed by atoms with Crippen molar-refractivity contribution in [2.24, 2.45) is 5.41 Å². The zero-order valence-electron chi connectivity index (χ0n) is 7.43. The van der Waals surface area contributed by atoms with E-state index < -0.39 is 0 Å². The molecule has 1 fully saturated rings. The van der Waals surface area contributed by atoms with Crippen LogP contribution < -0.4 is 0 Å². The number of hydrogen-bond donors (Lipinski definition) is 0. The van der Waals surface area contributed by atoms with Crippen molar-refractivity contribution in [2.45, 2.75) is 26.7 Å². The number of piperidine rings is 1. The van der Waals surface area contributed by atoms with Gasteiger partial charge < -0.3 is 4.90 Å². The van der Waals surface area contributed by atoms with Crippen molar-refractivity contribution < 1.29 is 0 Å². The number of nitriles is 1. The van der Waals surface area contributed by atoms with Crippen LogP contribution in [-0.4, -0.2) is 24.5 Å². The molecule has 1 atom stereocenters. The topological polar surface area (TPSA) is 27.0 Å². The second-order valence-electron chi connectivity index (χ2n) is 3.64. The molecule has 2 nitrogen and oxygen atoms in total. The van der Waals surface area contributed by atoms with Crippen LogP contribution in [0.4, 0.5) is 0 Å².